The topological polar surface area (TPSA) is 41.1 Å². The molecule has 1 aromatic rings. The third kappa shape index (κ3) is 3.16. The Balaban J connectivity index is 1.94. The molecule has 17 heavy (non-hydrogen) atoms. The van der Waals surface area contributed by atoms with Crippen LogP contribution in [-0.4, -0.2) is 30.5 Å². The Bertz CT molecular complexity index is 389. The molecule has 4 heteroatoms. The number of nitrogens with one attached hydrogen (secondary N) is 2. The summed E-state index contributed by atoms with van der Waals surface area (Å²) in [6.07, 6.45) is 2.50. The van der Waals surface area contributed by atoms with Crippen molar-refractivity contribution < 1.29 is 4.79 Å². The van der Waals surface area contributed by atoms with Gasteiger partial charge in [-0.1, -0.05) is 12.1 Å². The monoisotopic (exact) mass is 250 g/mol. The molecule has 1 amide bonds. The summed E-state index contributed by atoms with van der Waals surface area (Å²) in [6.45, 7) is 0.779. The number of rotatable bonds is 4. The van der Waals surface area contributed by atoms with E-state index in [1.54, 1.807) is 0 Å². The molecule has 2 rings (SSSR count). The molecule has 1 atom stereocenters. The summed E-state index contributed by atoms with van der Waals surface area (Å²) in [4.78, 5) is 12.0. The lowest BCUT2D eigenvalue weighted by atomic mass is 10.1. The van der Waals surface area contributed by atoms with Gasteiger partial charge >= 0.3 is 0 Å². The quantitative estimate of drug-likeness (QED) is 0.862. The van der Waals surface area contributed by atoms with Gasteiger partial charge in [0.25, 0.3) is 5.91 Å². The van der Waals surface area contributed by atoms with Gasteiger partial charge in [0.15, 0.2) is 0 Å². The second-order valence-electron chi connectivity index (χ2n) is 4.14. The smallest absolute Gasteiger partial charge is 0.253 e. The van der Waals surface area contributed by atoms with E-state index in [2.05, 4.69) is 10.6 Å². The summed E-state index contributed by atoms with van der Waals surface area (Å²) < 4.78 is 0. The molecule has 0 saturated carbocycles. The van der Waals surface area contributed by atoms with Crippen LogP contribution < -0.4 is 10.6 Å². The fraction of sp³-hybridized carbons (Fsp3) is 0.462. The third-order valence-electron chi connectivity index (χ3n) is 2.96. The number of hydrogen-bond acceptors (Lipinski definition) is 3. The predicted octanol–water partition coefficient (Wildman–Crippen LogP) is 2.35. The lowest BCUT2D eigenvalue weighted by Crippen LogP contribution is -2.30. The molecule has 0 bridgehead atoms. The van der Waals surface area contributed by atoms with E-state index < -0.39 is 0 Å². The van der Waals surface area contributed by atoms with E-state index in [9.17, 15) is 4.79 Å². The highest BCUT2D eigenvalue weighted by atomic mass is 32.2. The fourth-order valence-corrected chi connectivity index (χ4v) is 3.21. The van der Waals surface area contributed by atoms with Gasteiger partial charge in [-0.25, -0.2) is 0 Å². The third-order valence-corrected chi connectivity index (χ3v) is 4.35. The molecule has 1 aliphatic heterocycles. The van der Waals surface area contributed by atoms with Gasteiger partial charge in [-0.05, 0) is 30.7 Å². The van der Waals surface area contributed by atoms with Crippen LogP contribution in [0.5, 0.6) is 0 Å². The summed E-state index contributed by atoms with van der Waals surface area (Å²) in [7, 11) is 1.83. The zero-order valence-electron chi connectivity index (χ0n) is 10.0. The number of anilines is 1. The van der Waals surface area contributed by atoms with Crippen LogP contribution in [0.4, 0.5) is 5.69 Å². The Morgan fingerprint density at radius 3 is 3.00 bits per heavy atom. The van der Waals surface area contributed by atoms with E-state index in [0.717, 1.165) is 17.8 Å². The first-order valence-electron chi connectivity index (χ1n) is 5.98. The largest absolute Gasteiger partial charge is 0.387 e. The summed E-state index contributed by atoms with van der Waals surface area (Å²) >= 11 is 1.96. The second-order valence-corrected chi connectivity index (χ2v) is 5.55. The molecular weight excluding hydrogens is 232 g/mol. The minimum Gasteiger partial charge on any atom is -0.387 e. The molecule has 3 nitrogen and oxygen atoms in total. The lowest BCUT2D eigenvalue weighted by Gasteiger charge is -2.12. The van der Waals surface area contributed by atoms with Gasteiger partial charge in [0.2, 0.25) is 0 Å². The molecule has 1 aliphatic rings. The number of amides is 1. The van der Waals surface area contributed by atoms with Crippen molar-refractivity contribution in [2.75, 3.05) is 24.7 Å². The second kappa shape index (κ2) is 5.96. The van der Waals surface area contributed by atoms with E-state index in [0.29, 0.717) is 5.25 Å². The molecule has 1 saturated heterocycles. The van der Waals surface area contributed by atoms with Crippen LogP contribution in [0.2, 0.25) is 0 Å². The average Bonchev–Trinajstić information content (AvgIpc) is 2.89. The number of carbonyl (C=O) groups is 1. The normalized spacial score (nSPS) is 19.0. The highest BCUT2D eigenvalue weighted by Crippen LogP contribution is 2.25. The van der Waals surface area contributed by atoms with Crippen LogP contribution in [0, 0.1) is 0 Å². The number of thioether (sulfide) groups is 1. The zero-order chi connectivity index (χ0) is 12.1. The number of hydrogen-bond donors (Lipinski definition) is 2. The Morgan fingerprint density at radius 1 is 1.47 bits per heavy atom. The van der Waals surface area contributed by atoms with E-state index in [4.69, 9.17) is 0 Å². The number of carbonyl (C=O) groups excluding carboxylic acids is 1. The molecule has 1 fully saturated rings. The van der Waals surface area contributed by atoms with Crippen molar-refractivity contribution in [3.63, 3.8) is 0 Å². The number of para-hydroxylation sites is 1. The summed E-state index contributed by atoms with van der Waals surface area (Å²) in [5.74, 6) is 1.25. The van der Waals surface area contributed by atoms with Gasteiger partial charge < -0.3 is 10.6 Å². The van der Waals surface area contributed by atoms with Crippen molar-refractivity contribution in [1.82, 2.24) is 5.32 Å². The molecule has 0 aromatic heterocycles. The van der Waals surface area contributed by atoms with Crippen LogP contribution >= 0.6 is 11.8 Å². The highest BCUT2D eigenvalue weighted by molar-refractivity contribution is 8.00. The van der Waals surface area contributed by atoms with Crippen LogP contribution in [0.15, 0.2) is 24.3 Å². The summed E-state index contributed by atoms with van der Waals surface area (Å²) in [6, 6.07) is 7.58. The van der Waals surface area contributed by atoms with Crippen LogP contribution in [0.25, 0.3) is 0 Å². The summed E-state index contributed by atoms with van der Waals surface area (Å²) in [5, 5.41) is 6.65. The Morgan fingerprint density at radius 2 is 2.29 bits per heavy atom. The molecule has 2 N–H and O–H groups in total. The van der Waals surface area contributed by atoms with E-state index in [1.165, 1.54) is 18.6 Å². The highest BCUT2D eigenvalue weighted by Gasteiger charge is 2.17. The number of benzene rings is 1. The molecule has 1 unspecified atom stereocenters. The van der Waals surface area contributed by atoms with Gasteiger partial charge in [-0.2, -0.15) is 11.8 Å². The van der Waals surface area contributed by atoms with Crippen LogP contribution in [0.3, 0.4) is 0 Å². The van der Waals surface area contributed by atoms with Crippen molar-refractivity contribution >= 4 is 23.4 Å². The van der Waals surface area contributed by atoms with Crippen molar-refractivity contribution in [3.05, 3.63) is 29.8 Å². The van der Waals surface area contributed by atoms with Gasteiger partial charge in [0.05, 0.1) is 5.56 Å². The molecule has 92 valence electrons. The van der Waals surface area contributed by atoms with Gasteiger partial charge in [0.1, 0.15) is 0 Å². The van der Waals surface area contributed by atoms with Crippen molar-refractivity contribution in [1.29, 1.82) is 0 Å². The maximum atomic E-state index is 12.0. The van der Waals surface area contributed by atoms with E-state index >= 15 is 0 Å². The lowest BCUT2D eigenvalue weighted by molar-refractivity contribution is 0.0954. The molecule has 0 aliphatic carbocycles. The van der Waals surface area contributed by atoms with Crippen LogP contribution in [0.1, 0.15) is 23.2 Å². The Hall–Kier alpha value is -1.16. The van der Waals surface area contributed by atoms with E-state index in [-0.39, 0.29) is 5.91 Å². The van der Waals surface area contributed by atoms with Gasteiger partial charge in [-0.3, -0.25) is 4.79 Å². The Labute approximate surface area is 106 Å². The molecular formula is C13H18N2OS. The van der Waals surface area contributed by atoms with Gasteiger partial charge in [0, 0.05) is 24.5 Å². The van der Waals surface area contributed by atoms with Crippen molar-refractivity contribution in [2.45, 2.75) is 18.1 Å². The minimum atomic E-state index is 0.0162. The molecule has 1 aromatic carbocycles. The molecule has 0 spiro atoms. The van der Waals surface area contributed by atoms with Crippen molar-refractivity contribution in [3.8, 4) is 0 Å². The maximum absolute atomic E-state index is 12.0. The molecule has 0 radical (unpaired) electrons. The predicted molar refractivity (Wildman–Crippen MR) is 73.8 cm³/mol. The maximum Gasteiger partial charge on any atom is 0.253 e. The van der Waals surface area contributed by atoms with Crippen molar-refractivity contribution in [2.24, 2.45) is 0 Å². The zero-order valence-corrected chi connectivity index (χ0v) is 10.8. The first-order valence-corrected chi connectivity index (χ1v) is 7.02. The minimum absolute atomic E-state index is 0.0162. The SMILES string of the molecule is CNc1ccccc1C(=O)NCC1CCCS1. The summed E-state index contributed by atoms with van der Waals surface area (Å²) in [5.41, 5.74) is 1.60. The standard InChI is InChI=1S/C13H18N2OS/c1-14-12-7-3-2-6-11(12)13(16)15-9-10-5-4-8-17-10/h2-3,6-7,10,14H,4-5,8-9H2,1H3,(H,15,16). The Kier molecular flexibility index (Phi) is 4.31. The van der Waals surface area contributed by atoms with Crippen LogP contribution in [-0.2, 0) is 0 Å². The van der Waals surface area contributed by atoms with Gasteiger partial charge in [-0.15, -0.1) is 0 Å². The fourth-order valence-electron chi connectivity index (χ4n) is 2.01. The molecule has 1 heterocycles. The first-order chi connectivity index (χ1) is 8.31. The van der Waals surface area contributed by atoms with E-state index in [1.807, 2.05) is 43.1 Å². The first kappa shape index (κ1) is 12.3. The average molecular weight is 250 g/mol.